The summed E-state index contributed by atoms with van der Waals surface area (Å²) in [6.45, 7) is 4.71. The molecule has 0 saturated heterocycles. The Morgan fingerprint density at radius 2 is 1.32 bits per heavy atom. The molecule has 0 amide bonds. The molecule has 0 radical (unpaired) electrons. The molecule has 4 saturated carbocycles. The lowest BCUT2D eigenvalue weighted by molar-refractivity contribution is -0.176. The standard InChI is InChI=1S/C19H32O3/c1-18-10-8-15(20)17(22)14(18)4-3-11-12-5-6-16(21)19(12,2)9-7-13(11)18/h11-17,20-22H,3-10H2,1-2H3/t11-,12-,13-,14?,15?,16-,17?,18+,19-/m0/s1. The first-order valence-electron chi connectivity index (χ1n) is 9.42. The number of aliphatic hydroxyl groups is 3. The Morgan fingerprint density at radius 3 is 2.09 bits per heavy atom. The molecule has 126 valence electrons. The monoisotopic (exact) mass is 308 g/mol. The maximum absolute atomic E-state index is 10.5. The topological polar surface area (TPSA) is 60.7 Å². The lowest BCUT2D eigenvalue weighted by atomic mass is 9.44. The SMILES string of the molecule is C[C@]12CC[C@H]3[C@@H](CCC4C(O)C(O)CC[C@@]43C)[C@@H]1CC[C@@H]2O. The van der Waals surface area contributed by atoms with Gasteiger partial charge in [0, 0.05) is 0 Å². The van der Waals surface area contributed by atoms with Crippen LogP contribution in [-0.4, -0.2) is 33.6 Å². The van der Waals surface area contributed by atoms with Gasteiger partial charge in [-0.15, -0.1) is 0 Å². The highest BCUT2D eigenvalue weighted by atomic mass is 16.3. The quantitative estimate of drug-likeness (QED) is 0.645. The maximum Gasteiger partial charge on any atom is 0.0832 e. The van der Waals surface area contributed by atoms with E-state index in [2.05, 4.69) is 13.8 Å². The highest BCUT2D eigenvalue weighted by Gasteiger charge is 2.61. The van der Waals surface area contributed by atoms with Gasteiger partial charge < -0.3 is 15.3 Å². The van der Waals surface area contributed by atoms with Crippen molar-refractivity contribution in [1.82, 2.24) is 0 Å². The van der Waals surface area contributed by atoms with Crippen molar-refractivity contribution < 1.29 is 15.3 Å². The van der Waals surface area contributed by atoms with E-state index in [0.29, 0.717) is 11.8 Å². The number of hydrogen-bond donors (Lipinski definition) is 3. The first kappa shape index (κ1) is 15.4. The van der Waals surface area contributed by atoms with Crippen LogP contribution in [0.15, 0.2) is 0 Å². The van der Waals surface area contributed by atoms with Gasteiger partial charge in [-0.25, -0.2) is 0 Å². The highest BCUT2D eigenvalue weighted by Crippen LogP contribution is 2.66. The molecule has 4 aliphatic carbocycles. The van der Waals surface area contributed by atoms with Crippen molar-refractivity contribution in [2.24, 2.45) is 34.5 Å². The van der Waals surface area contributed by atoms with Gasteiger partial charge in [0.25, 0.3) is 0 Å². The summed E-state index contributed by atoms with van der Waals surface area (Å²) in [4.78, 5) is 0. The average molecular weight is 308 g/mol. The minimum absolute atomic E-state index is 0.109. The molecule has 3 N–H and O–H groups in total. The zero-order chi connectivity index (χ0) is 15.7. The Labute approximate surface area is 134 Å². The van der Waals surface area contributed by atoms with Crippen molar-refractivity contribution in [2.45, 2.75) is 83.5 Å². The number of aliphatic hydroxyl groups excluding tert-OH is 3. The molecule has 0 heterocycles. The van der Waals surface area contributed by atoms with Crippen LogP contribution in [-0.2, 0) is 0 Å². The molecule has 4 aliphatic rings. The van der Waals surface area contributed by atoms with E-state index >= 15 is 0 Å². The van der Waals surface area contributed by atoms with Crippen molar-refractivity contribution in [1.29, 1.82) is 0 Å². The van der Waals surface area contributed by atoms with Crippen LogP contribution in [0.5, 0.6) is 0 Å². The molecular weight excluding hydrogens is 276 g/mol. The molecule has 0 aromatic heterocycles. The molecule has 9 atom stereocenters. The van der Waals surface area contributed by atoms with E-state index < -0.39 is 12.2 Å². The fourth-order valence-electron chi connectivity index (χ4n) is 7.29. The minimum Gasteiger partial charge on any atom is -0.393 e. The van der Waals surface area contributed by atoms with Crippen molar-refractivity contribution in [3.63, 3.8) is 0 Å². The summed E-state index contributed by atoms with van der Waals surface area (Å²) >= 11 is 0. The van der Waals surface area contributed by atoms with Crippen LogP contribution >= 0.6 is 0 Å². The van der Waals surface area contributed by atoms with Crippen molar-refractivity contribution in [3.8, 4) is 0 Å². The third kappa shape index (κ3) is 1.85. The van der Waals surface area contributed by atoms with Crippen molar-refractivity contribution in [2.75, 3.05) is 0 Å². The predicted molar refractivity (Wildman–Crippen MR) is 85.1 cm³/mol. The van der Waals surface area contributed by atoms with Crippen LogP contribution in [0.25, 0.3) is 0 Å². The van der Waals surface area contributed by atoms with Crippen molar-refractivity contribution in [3.05, 3.63) is 0 Å². The Hall–Kier alpha value is -0.120. The molecule has 0 aromatic rings. The number of fused-ring (bicyclic) bond motifs is 5. The van der Waals surface area contributed by atoms with Gasteiger partial charge in [0.1, 0.15) is 0 Å². The molecule has 0 aromatic carbocycles. The third-order valence-corrected chi connectivity index (χ3v) is 8.68. The highest BCUT2D eigenvalue weighted by molar-refractivity contribution is 5.10. The molecule has 0 spiro atoms. The van der Waals surface area contributed by atoms with E-state index in [1.165, 1.54) is 19.3 Å². The van der Waals surface area contributed by atoms with E-state index in [9.17, 15) is 15.3 Å². The van der Waals surface area contributed by atoms with Crippen LogP contribution in [0.3, 0.4) is 0 Å². The molecule has 3 nitrogen and oxygen atoms in total. The first-order valence-corrected chi connectivity index (χ1v) is 9.42. The van der Waals surface area contributed by atoms with E-state index in [1.807, 2.05) is 0 Å². The zero-order valence-corrected chi connectivity index (χ0v) is 14.0. The lowest BCUT2D eigenvalue weighted by Crippen LogP contribution is -2.58. The van der Waals surface area contributed by atoms with E-state index in [4.69, 9.17) is 0 Å². The first-order chi connectivity index (χ1) is 10.4. The fraction of sp³-hybridized carbons (Fsp3) is 1.00. The molecule has 22 heavy (non-hydrogen) atoms. The number of rotatable bonds is 0. The number of hydrogen-bond acceptors (Lipinski definition) is 3. The molecule has 3 unspecified atom stereocenters. The van der Waals surface area contributed by atoms with E-state index in [0.717, 1.165) is 38.0 Å². The van der Waals surface area contributed by atoms with Gasteiger partial charge in [-0.05, 0) is 85.9 Å². The molecule has 0 aliphatic heterocycles. The Bertz CT molecular complexity index is 452. The Morgan fingerprint density at radius 1 is 0.682 bits per heavy atom. The van der Waals surface area contributed by atoms with Crippen LogP contribution in [0.2, 0.25) is 0 Å². The van der Waals surface area contributed by atoms with Gasteiger partial charge in [-0.1, -0.05) is 13.8 Å². The van der Waals surface area contributed by atoms with Gasteiger partial charge in [-0.2, -0.15) is 0 Å². The predicted octanol–water partition coefficient (Wildman–Crippen LogP) is 2.72. The summed E-state index contributed by atoms with van der Waals surface area (Å²) in [6, 6.07) is 0. The molecular formula is C19H32O3. The second kappa shape index (κ2) is 4.94. The second-order valence-corrected chi connectivity index (χ2v) is 9.30. The van der Waals surface area contributed by atoms with Gasteiger partial charge in [0.2, 0.25) is 0 Å². The molecule has 4 fully saturated rings. The van der Waals surface area contributed by atoms with Gasteiger partial charge in [0.15, 0.2) is 0 Å². The lowest BCUT2D eigenvalue weighted by Gasteiger charge is -2.61. The fourth-order valence-corrected chi connectivity index (χ4v) is 7.29. The minimum atomic E-state index is -0.526. The third-order valence-electron chi connectivity index (χ3n) is 8.68. The average Bonchev–Trinajstić information content (AvgIpc) is 2.79. The summed E-state index contributed by atoms with van der Waals surface area (Å²) in [5, 5.41) is 31.1. The summed E-state index contributed by atoms with van der Waals surface area (Å²) in [6.07, 6.45) is 7.40. The molecule has 0 bridgehead atoms. The smallest absolute Gasteiger partial charge is 0.0832 e. The maximum atomic E-state index is 10.5. The second-order valence-electron chi connectivity index (χ2n) is 9.30. The van der Waals surface area contributed by atoms with Crippen LogP contribution in [0.4, 0.5) is 0 Å². The van der Waals surface area contributed by atoms with E-state index in [-0.39, 0.29) is 22.9 Å². The normalized spacial score (nSPS) is 61.2. The molecule has 4 rings (SSSR count). The summed E-state index contributed by atoms with van der Waals surface area (Å²) < 4.78 is 0. The summed E-state index contributed by atoms with van der Waals surface area (Å²) in [5.41, 5.74) is 0.327. The van der Waals surface area contributed by atoms with E-state index in [1.54, 1.807) is 0 Å². The Balaban J connectivity index is 1.64. The van der Waals surface area contributed by atoms with Crippen molar-refractivity contribution >= 4 is 0 Å². The largest absolute Gasteiger partial charge is 0.393 e. The van der Waals surface area contributed by atoms with Crippen LogP contribution in [0.1, 0.15) is 65.2 Å². The van der Waals surface area contributed by atoms with Gasteiger partial charge in [-0.3, -0.25) is 0 Å². The summed E-state index contributed by atoms with van der Waals surface area (Å²) in [7, 11) is 0. The van der Waals surface area contributed by atoms with Crippen LogP contribution in [0, 0.1) is 34.5 Å². The molecule has 3 heteroatoms. The van der Waals surface area contributed by atoms with Crippen LogP contribution < -0.4 is 0 Å². The zero-order valence-electron chi connectivity index (χ0n) is 14.0. The van der Waals surface area contributed by atoms with Gasteiger partial charge >= 0.3 is 0 Å². The summed E-state index contributed by atoms with van der Waals surface area (Å²) in [5.74, 6) is 2.34. The van der Waals surface area contributed by atoms with Gasteiger partial charge in [0.05, 0.1) is 18.3 Å². The Kier molecular flexibility index (Phi) is 3.46.